The van der Waals surface area contributed by atoms with Gasteiger partial charge in [0.1, 0.15) is 5.15 Å². The third kappa shape index (κ3) is 5.34. The summed E-state index contributed by atoms with van der Waals surface area (Å²) in [5.41, 5.74) is 3.94. The van der Waals surface area contributed by atoms with E-state index in [-0.39, 0.29) is 13.1 Å². The van der Waals surface area contributed by atoms with Crippen LogP contribution in [-0.4, -0.2) is 54.5 Å². The summed E-state index contributed by atoms with van der Waals surface area (Å²) in [6, 6.07) is 0. The maximum Gasteiger partial charge on any atom is 0.290 e. The number of aliphatic hydroxyl groups is 1. The standard InChI is InChI=1S/C13H20ClN5O.CH2O2/c1-9-11(13(14)18(3)17-9)6-19(4-5-20)7-12-10(2)15-8-16-12;2-1-3/h8,20H,4-7H2,1-3H3,(H,15,16);1H,(H,2,3). The molecule has 8 nitrogen and oxygen atoms in total. The highest BCUT2D eigenvalue weighted by atomic mass is 35.5. The number of carbonyl (C=O) groups is 1. The number of carboxylic acid groups (broad SMARTS) is 1. The Morgan fingerprint density at radius 3 is 2.52 bits per heavy atom. The topological polar surface area (TPSA) is 107 Å². The SMILES string of the molecule is Cc1nn(C)c(Cl)c1CN(CCO)Cc1nc[nH]c1C.O=CO. The second-order valence-corrected chi connectivity index (χ2v) is 5.35. The number of aliphatic hydroxyl groups excluding tert-OH is 1. The van der Waals surface area contributed by atoms with E-state index in [9.17, 15) is 5.11 Å². The summed E-state index contributed by atoms with van der Waals surface area (Å²) in [7, 11) is 1.83. The molecule has 0 aromatic carbocycles. The first-order valence-electron chi connectivity index (χ1n) is 7.02. The molecule has 2 rings (SSSR count). The zero-order chi connectivity index (χ0) is 17.4. The van der Waals surface area contributed by atoms with Crippen molar-refractivity contribution in [2.24, 2.45) is 7.05 Å². The molecule has 2 heterocycles. The van der Waals surface area contributed by atoms with Crippen LogP contribution >= 0.6 is 11.6 Å². The first-order valence-corrected chi connectivity index (χ1v) is 7.40. The van der Waals surface area contributed by atoms with Crippen molar-refractivity contribution in [2.45, 2.75) is 26.9 Å². The van der Waals surface area contributed by atoms with Gasteiger partial charge in [-0.3, -0.25) is 14.4 Å². The van der Waals surface area contributed by atoms with Gasteiger partial charge in [0.25, 0.3) is 6.47 Å². The Hall–Kier alpha value is -1.90. The van der Waals surface area contributed by atoms with Gasteiger partial charge >= 0.3 is 0 Å². The van der Waals surface area contributed by atoms with Crippen LogP contribution in [0.3, 0.4) is 0 Å². The van der Waals surface area contributed by atoms with E-state index in [2.05, 4.69) is 20.0 Å². The number of aromatic amines is 1. The lowest BCUT2D eigenvalue weighted by molar-refractivity contribution is -0.122. The number of nitrogens with zero attached hydrogens (tertiary/aromatic N) is 4. The molecule has 0 saturated heterocycles. The lowest BCUT2D eigenvalue weighted by atomic mass is 10.2. The van der Waals surface area contributed by atoms with E-state index in [0.29, 0.717) is 24.8 Å². The molecule has 0 aliphatic rings. The van der Waals surface area contributed by atoms with Crippen molar-refractivity contribution in [3.05, 3.63) is 34.1 Å². The van der Waals surface area contributed by atoms with Crippen LogP contribution in [0.15, 0.2) is 6.33 Å². The van der Waals surface area contributed by atoms with Gasteiger partial charge in [0, 0.05) is 37.9 Å². The first-order chi connectivity index (χ1) is 10.9. The fraction of sp³-hybridized carbons (Fsp3) is 0.500. The molecule has 0 aliphatic heterocycles. The largest absolute Gasteiger partial charge is 0.483 e. The molecule has 3 N–H and O–H groups in total. The summed E-state index contributed by atoms with van der Waals surface area (Å²) in [6.45, 7) is 5.66. The number of aryl methyl sites for hydroxylation is 3. The number of hydrogen-bond donors (Lipinski definition) is 3. The molecule has 0 bridgehead atoms. The molecule has 2 aromatic heterocycles. The molecule has 0 amide bonds. The minimum absolute atomic E-state index is 0.0976. The second kappa shape index (κ2) is 9.29. The maximum absolute atomic E-state index is 9.23. The van der Waals surface area contributed by atoms with Crippen molar-refractivity contribution in [3.63, 3.8) is 0 Å². The van der Waals surface area contributed by atoms with Crippen LogP contribution in [0, 0.1) is 13.8 Å². The third-order valence-corrected chi connectivity index (χ3v) is 3.85. The van der Waals surface area contributed by atoms with Crippen molar-refractivity contribution in [3.8, 4) is 0 Å². The molecule has 0 unspecified atom stereocenters. The monoisotopic (exact) mass is 343 g/mol. The number of rotatable bonds is 6. The van der Waals surface area contributed by atoms with E-state index in [0.717, 1.165) is 22.6 Å². The molecule has 2 aromatic rings. The quantitative estimate of drug-likeness (QED) is 0.678. The number of aromatic nitrogens is 4. The normalized spacial score (nSPS) is 10.5. The van der Waals surface area contributed by atoms with E-state index in [1.54, 1.807) is 11.0 Å². The summed E-state index contributed by atoms with van der Waals surface area (Å²) in [5.74, 6) is 0. The highest BCUT2D eigenvalue weighted by molar-refractivity contribution is 6.30. The third-order valence-electron chi connectivity index (χ3n) is 3.38. The van der Waals surface area contributed by atoms with Gasteiger partial charge in [-0.1, -0.05) is 11.6 Å². The number of halogens is 1. The van der Waals surface area contributed by atoms with Gasteiger partial charge in [0.2, 0.25) is 0 Å². The molecular formula is C14H22ClN5O3. The average Bonchev–Trinajstić information content (AvgIpc) is 2.99. The van der Waals surface area contributed by atoms with E-state index < -0.39 is 0 Å². The van der Waals surface area contributed by atoms with Crippen LogP contribution in [0.1, 0.15) is 22.6 Å². The number of imidazole rings is 1. The predicted octanol–water partition coefficient (Wildman–Crippen LogP) is 1.11. The van der Waals surface area contributed by atoms with Crippen molar-refractivity contribution in [2.75, 3.05) is 13.2 Å². The maximum atomic E-state index is 9.23. The van der Waals surface area contributed by atoms with Crippen molar-refractivity contribution < 1.29 is 15.0 Å². The van der Waals surface area contributed by atoms with E-state index in [1.165, 1.54) is 0 Å². The van der Waals surface area contributed by atoms with Gasteiger partial charge in [-0.05, 0) is 13.8 Å². The summed E-state index contributed by atoms with van der Waals surface area (Å²) >= 11 is 6.26. The average molecular weight is 344 g/mol. The second-order valence-electron chi connectivity index (χ2n) is 4.99. The Morgan fingerprint density at radius 1 is 1.43 bits per heavy atom. The number of nitrogens with one attached hydrogen (secondary N) is 1. The van der Waals surface area contributed by atoms with Gasteiger partial charge in [-0.25, -0.2) is 4.98 Å². The minimum atomic E-state index is -0.250. The summed E-state index contributed by atoms with van der Waals surface area (Å²) < 4.78 is 1.67. The van der Waals surface area contributed by atoms with Crippen LogP contribution in [-0.2, 0) is 24.9 Å². The minimum Gasteiger partial charge on any atom is -0.483 e. The lowest BCUT2D eigenvalue weighted by Crippen LogP contribution is -2.27. The summed E-state index contributed by atoms with van der Waals surface area (Å²) in [4.78, 5) is 17.8. The van der Waals surface area contributed by atoms with Crippen LogP contribution < -0.4 is 0 Å². The molecule has 0 radical (unpaired) electrons. The zero-order valence-electron chi connectivity index (χ0n) is 13.5. The highest BCUT2D eigenvalue weighted by Crippen LogP contribution is 2.21. The zero-order valence-corrected chi connectivity index (χ0v) is 14.2. The van der Waals surface area contributed by atoms with Crippen molar-refractivity contribution in [1.29, 1.82) is 0 Å². The van der Waals surface area contributed by atoms with Crippen molar-refractivity contribution in [1.82, 2.24) is 24.6 Å². The molecule has 9 heteroatoms. The first kappa shape index (κ1) is 19.1. The number of hydrogen-bond acceptors (Lipinski definition) is 5. The Bertz CT molecular complexity index is 626. The van der Waals surface area contributed by atoms with E-state index >= 15 is 0 Å². The van der Waals surface area contributed by atoms with E-state index in [1.807, 2.05) is 20.9 Å². The van der Waals surface area contributed by atoms with Gasteiger partial charge in [-0.2, -0.15) is 5.10 Å². The Kier molecular flexibility index (Phi) is 7.73. The fourth-order valence-corrected chi connectivity index (χ4v) is 2.43. The highest BCUT2D eigenvalue weighted by Gasteiger charge is 2.16. The molecule has 0 atom stereocenters. The smallest absolute Gasteiger partial charge is 0.290 e. The fourth-order valence-electron chi connectivity index (χ4n) is 2.19. The molecule has 128 valence electrons. The van der Waals surface area contributed by atoms with Crippen LogP contribution in [0.25, 0.3) is 0 Å². The summed E-state index contributed by atoms with van der Waals surface area (Å²) in [6.07, 6.45) is 1.68. The Labute approximate surface area is 139 Å². The molecule has 0 aliphatic carbocycles. The van der Waals surface area contributed by atoms with E-state index in [4.69, 9.17) is 21.5 Å². The molecular weight excluding hydrogens is 322 g/mol. The van der Waals surface area contributed by atoms with Crippen LogP contribution in [0.5, 0.6) is 0 Å². The van der Waals surface area contributed by atoms with Gasteiger partial charge < -0.3 is 15.2 Å². The Balaban J connectivity index is 0.000000816. The van der Waals surface area contributed by atoms with Gasteiger partial charge in [0.15, 0.2) is 0 Å². The molecule has 23 heavy (non-hydrogen) atoms. The molecule has 0 fully saturated rings. The van der Waals surface area contributed by atoms with Gasteiger partial charge in [-0.15, -0.1) is 0 Å². The van der Waals surface area contributed by atoms with Gasteiger partial charge in [0.05, 0.1) is 24.3 Å². The number of H-pyrrole nitrogens is 1. The summed E-state index contributed by atoms with van der Waals surface area (Å²) in [5, 5.41) is 21.1. The predicted molar refractivity (Wildman–Crippen MR) is 86.2 cm³/mol. The molecule has 0 saturated carbocycles. The van der Waals surface area contributed by atoms with Crippen LogP contribution in [0.2, 0.25) is 5.15 Å². The van der Waals surface area contributed by atoms with Crippen molar-refractivity contribution >= 4 is 18.1 Å². The lowest BCUT2D eigenvalue weighted by Gasteiger charge is -2.20. The molecule has 0 spiro atoms. The Morgan fingerprint density at radius 2 is 2.09 bits per heavy atom. The van der Waals surface area contributed by atoms with Crippen LogP contribution in [0.4, 0.5) is 0 Å².